The highest BCUT2D eigenvalue weighted by atomic mass is 32.2. The van der Waals surface area contributed by atoms with Gasteiger partial charge in [0.15, 0.2) is 0 Å². The number of sulfonamides is 1. The number of aryl methyl sites for hydroxylation is 1. The van der Waals surface area contributed by atoms with Crippen LogP contribution in [0.5, 0.6) is 0 Å². The van der Waals surface area contributed by atoms with Crippen molar-refractivity contribution in [2.45, 2.75) is 18.2 Å². The maximum atomic E-state index is 12.0. The van der Waals surface area contributed by atoms with E-state index in [1.54, 1.807) is 29.0 Å². The molecule has 22 heavy (non-hydrogen) atoms. The standard InChI is InChI=1S/C12H12N4O4S2/c1-7-3-5-9(6-4-7)10(18)13-11-14-15-12(21-11)22(19,20)16-8(2)17/h3-6H,1-2H3,(H,16,17)(H,13,14,18). The summed E-state index contributed by atoms with van der Waals surface area (Å²) in [6.07, 6.45) is 0. The van der Waals surface area contributed by atoms with Crippen molar-refractivity contribution in [3.8, 4) is 0 Å². The third kappa shape index (κ3) is 3.86. The lowest BCUT2D eigenvalue weighted by Gasteiger charge is -2.01. The van der Waals surface area contributed by atoms with Gasteiger partial charge in [0.25, 0.3) is 20.3 Å². The zero-order valence-corrected chi connectivity index (χ0v) is 13.3. The van der Waals surface area contributed by atoms with Gasteiger partial charge in [-0.25, -0.2) is 4.72 Å². The van der Waals surface area contributed by atoms with Gasteiger partial charge in [-0.1, -0.05) is 29.0 Å². The number of anilines is 1. The van der Waals surface area contributed by atoms with Crippen LogP contribution >= 0.6 is 11.3 Å². The Kier molecular flexibility index (Phi) is 4.52. The fourth-order valence-corrected chi connectivity index (χ4v) is 3.36. The molecule has 0 radical (unpaired) electrons. The lowest BCUT2D eigenvalue weighted by atomic mass is 10.1. The Labute approximate surface area is 130 Å². The van der Waals surface area contributed by atoms with Crippen LogP contribution < -0.4 is 10.0 Å². The first-order valence-corrected chi connectivity index (χ1v) is 8.33. The molecular weight excluding hydrogens is 328 g/mol. The Bertz CT molecular complexity index is 812. The summed E-state index contributed by atoms with van der Waals surface area (Å²) in [5, 5.41) is 9.51. The molecule has 8 nitrogen and oxygen atoms in total. The molecule has 2 aromatic rings. The molecule has 10 heteroatoms. The van der Waals surface area contributed by atoms with Crippen molar-refractivity contribution in [3.63, 3.8) is 0 Å². The SMILES string of the molecule is CC(=O)NS(=O)(=O)c1nnc(NC(=O)c2ccc(C)cc2)s1. The Morgan fingerprint density at radius 3 is 2.36 bits per heavy atom. The molecule has 2 amide bonds. The van der Waals surface area contributed by atoms with Crippen molar-refractivity contribution in [1.29, 1.82) is 0 Å². The van der Waals surface area contributed by atoms with Crippen LogP contribution in [-0.2, 0) is 14.8 Å². The van der Waals surface area contributed by atoms with Gasteiger partial charge < -0.3 is 0 Å². The van der Waals surface area contributed by atoms with E-state index in [0.717, 1.165) is 12.5 Å². The number of aromatic nitrogens is 2. The molecule has 0 saturated carbocycles. The van der Waals surface area contributed by atoms with Crippen molar-refractivity contribution in [3.05, 3.63) is 35.4 Å². The van der Waals surface area contributed by atoms with E-state index in [-0.39, 0.29) is 5.13 Å². The highest BCUT2D eigenvalue weighted by molar-refractivity contribution is 7.92. The minimum absolute atomic E-state index is 0.0227. The third-order valence-corrected chi connectivity index (χ3v) is 5.09. The highest BCUT2D eigenvalue weighted by Gasteiger charge is 2.22. The average molecular weight is 340 g/mol. The van der Waals surface area contributed by atoms with Crippen molar-refractivity contribution < 1.29 is 18.0 Å². The Morgan fingerprint density at radius 2 is 1.77 bits per heavy atom. The molecule has 1 aromatic carbocycles. The monoisotopic (exact) mass is 340 g/mol. The van der Waals surface area contributed by atoms with Gasteiger partial charge in [-0.15, -0.1) is 10.2 Å². The number of benzene rings is 1. The first-order valence-electron chi connectivity index (χ1n) is 6.03. The molecule has 0 atom stereocenters. The van der Waals surface area contributed by atoms with Crippen molar-refractivity contribution >= 4 is 38.3 Å². The van der Waals surface area contributed by atoms with Crippen LogP contribution in [0.2, 0.25) is 0 Å². The molecule has 1 aromatic heterocycles. The molecule has 1 heterocycles. The van der Waals surface area contributed by atoms with E-state index in [0.29, 0.717) is 16.9 Å². The highest BCUT2D eigenvalue weighted by Crippen LogP contribution is 2.20. The predicted octanol–water partition coefficient (Wildman–Crippen LogP) is 0.924. The van der Waals surface area contributed by atoms with Crippen molar-refractivity contribution in [2.24, 2.45) is 0 Å². The zero-order valence-electron chi connectivity index (χ0n) is 11.7. The molecule has 2 rings (SSSR count). The van der Waals surface area contributed by atoms with Crippen LogP contribution in [0.15, 0.2) is 28.6 Å². The van der Waals surface area contributed by atoms with Gasteiger partial charge in [0.2, 0.25) is 11.0 Å². The van der Waals surface area contributed by atoms with Gasteiger partial charge in [0.1, 0.15) is 0 Å². The minimum atomic E-state index is -4.05. The van der Waals surface area contributed by atoms with E-state index in [9.17, 15) is 18.0 Å². The number of hydrogen-bond donors (Lipinski definition) is 2. The first-order chi connectivity index (χ1) is 10.3. The quantitative estimate of drug-likeness (QED) is 0.799. The second-order valence-corrected chi connectivity index (χ2v) is 7.19. The summed E-state index contributed by atoms with van der Waals surface area (Å²) in [6.45, 7) is 2.96. The van der Waals surface area contributed by atoms with E-state index in [1.165, 1.54) is 0 Å². The normalized spacial score (nSPS) is 11.0. The summed E-state index contributed by atoms with van der Waals surface area (Å²) in [5.74, 6) is -1.17. The number of nitrogens with one attached hydrogen (secondary N) is 2. The van der Waals surface area contributed by atoms with E-state index in [2.05, 4.69) is 15.5 Å². The van der Waals surface area contributed by atoms with E-state index >= 15 is 0 Å². The molecule has 0 aliphatic rings. The molecule has 0 fully saturated rings. The molecule has 0 aliphatic heterocycles. The van der Waals surface area contributed by atoms with E-state index in [1.807, 2.05) is 6.92 Å². The summed E-state index contributed by atoms with van der Waals surface area (Å²) in [5.41, 5.74) is 1.42. The zero-order chi connectivity index (χ0) is 16.3. The smallest absolute Gasteiger partial charge is 0.293 e. The molecular formula is C12H12N4O4S2. The lowest BCUT2D eigenvalue weighted by Crippen LogP contribution is -2.28. The first kappa shape index (κ1) is 16.0. The number of amides is 2. The maximum Gasteiger partial charge on any atom is 0.293 e. The van der Waals surface area contributed by atoms with Gasteiger partial charge in [0.05, 0.1) is 0 Å². The number of carbonyl (C=O) groups excluding carboxylic acids is 2. The number of hydrogen-bond acceptors (Lipinski definition) is 7. The average Bonchev–Trinajstić information content (AvgIpc) is 2.87. The Balaban J connectivity index is 2.14. The number of nitrogens with zero attached hydrogens (tertiary/aromatic N) is 2. The summed E-state index contributed by atoms with van der Waals surface area (Å²) in [6, 6.07) is 6.84. The van der Waals surface area contributed by atoms with Gasteiger partial charge in [-0.05, 0) is 19.1 Å². The third-order valence-electron chi connectivity index (χ3n) is 2.45. The summed E-state index contributed by atoms with van der Waals surface area (Å²) in [4.78, 5) is 22.8. The summed E-state index contributed by atoms with van der Waals surface area (Å²) < 4.78 is 24.8. The predicted molar refractivity (Wildman–Crippen MR) is 80.0 cm³/mol. The lowest BCUT2D eigenvalue weighted by molar-refractivity contribution is -0.117. The Morgan fingerprint density at radius 1 is 1.14 bits per heavy atom. The molecule has 116 valence electrons. The topological polar surface area (TPSA) is 118 Å². The van der Waals surface area contributed by atoms with Crippen LogP contribution in [0, 0.1) is 6.92 Å². The van der Waals surface area contributed by atoms with Crippen molar-refractivity contribution in [1.82, 2.24) is 14.9 Å². The molecule has 0 bridgehead atoms. The fraction of sp³-hybridized carbons (Fsp3) is 0.167. The van der Waals surface area contributed by atoms with Gasteiger partial charge in [-0.3, -0.25) is 14.9 Å². The van der Waals surface area contributed by atoms with Crippen LogP contribution in [0.1, 0.15) is 22.8 Å². The van der Waals surface area contributed by atoms with Crippen LogP contribution in [-0.4, -0.2) is 30.4 Å². The van der Waals surface area contributed by atoms with E-state index < -0.39 is 26.2 Å². The molecule has 0 aliphatic carbocycles. The van der Waals surface area contributed by atoms with Gasteiger partial charge in [-0.2, -0.15) is 8.42 Å². The number of rotatable bonds is 4. The van der Waals surface area contributed by atoms with Crippen molar-refractivity contribution in [2.75, 3.05) is 5.32 Å². The molecule has 2 N–H and O–H groups in total. The maximum absolute atomic E-state index is 12.0. The summed E-state index contributed by atoms with van der Waals surface area (Å²) >= 11 is 0.651. The second kappa shape index (κ2) is 6.20. The Hall–Kier alpha value is -2.33. The van der Waals surface area contributed by atoms with Gasteiger partial charge >= 0.3 is 0 Å². The van der Waals surface area contributed by atoms with Crippen LogP contribution in [0.4, 0.5) is 5.13 Å². The molecule has 0 spiro atoms. The van der Waals surface area contributed by atoms with E-state index in [4.69, 9.17) is 0 Å². The number of carbonyl (C=O) groups is 2. The van der Waals surface area contributed by atoms with Crippen LogP contribution in [0.3, 0.4) is 0 Å². The fourth-order valence-electron chi connectivity index (χ4n) is 1.48. The largest absolute Gasteiger partial charge is 0.296 e. The summed E-state index contributed by atoms with van der Waals surface area (Å²) in [7, 11) is -4.05. The van der Waals surface area contributed by atoms with Crippen LogP contribution in [0.25, 0.3) is 0 Å². The minimum Gasteiger partial charge on any atom is -0.296 e. The second-order valence-electron chi connectivity index (χ2n) is 4.35. The molecule has 0 saturated heterocycles. The molecule has 0 unspecified atom stereocenters. The van der Waals surface area contributed by atoms with Gasteiger partial charge in [0, 0.05) is 12.5 Å².